The third-order valence-corrected chi connectivity index (χ3v) is 3.30. The Balaban J connectivity index is 2.33. The van der Waals surface area contributed by atoms with Crippen LogP contribution in [-0.2, 0) is 4.79 Å². The largest absolute Gasteiger partial charge is 0.480 e. The first-order chi connectivity index (χ1) is 8.55. The molecule has 6 heteroatoms. The zero-order valence-corrected chi connectivity index (χ0v) is 9.85. The second-order valence-corrected chi connectivity index (χ2v) is 4.48. The number of aromatic nitrogens is 1. The SMILES string of the molecule is NC(=O)c1cccnc1NC1(C(=O)O)CCCC1. The van der Waals surface area contributed by atoms with Gasteiger partial charge in [0.25, 0.3) is 5.91 Å². The van der Waals surface area contributed by atoms with Gasteiger partial charge in [0.05, 0.1) is 5.56 Å². The summed E-state index contributed by atoms with van der Waals surface area (Å²) in [7, 11) is 0. The van der Waals surface area contributed by atoms with E-state index < -0.39 is 17.4 Å². The molecule has 1 saturated carbocycles. The monoisotopic (exact) mass is 249 g/mol. The van der Waals surface area contributed by atoms with E-state index in [4.69, 9.17) is 5.73 Å². The summed E-state index contributed by atoms with van der Waals surface area (Å²) in [5.74, 6) is -1.29. The van der Waals surface area contributed by atoms with E-state index in [9.17, 15) is 14.7 Å². The Kier molecular flexibility index (Phi) is 3.18. The van der Waals surface area contributed by atoms with Gasteiger partial charge in [0.1, 0.15) is 11.4 Å². The number of hydrogen-bond acceptors (Lipinski definition) is 4. The molecule has 1 heterocycles. The van der Waals surface area contributed by atoms with Crippen molar-refractivity contribution >= 4 is 17.7 Å². The first kappa shape index (κ1) is 12.3. The summed E-state index contributed by atoms with van der Waals surface area (Å²) in [6, 6.07) is 3.12. The van der Waals surface area contributed by atoms with Gasteiger partial charge >= 0.3 is 5.97 Å². The molecule has 0 atom stereocenters. The molecule has 0 radical (unpaired) electrons. The summed E-state index contributed by atoms with van der Waals surface area (Å²) in [5.41, 5.74) is 4.43. The number of carboxylic acid groups (broad SMARTS) is 1. The molecule has 6 nitrogen and oxygen atoms in total. The van der Waals surface area contributed by atoms with Crippen LogP contribution in [0, 0.1) is 0 Å². The topological polar surface area (TPSA) is 105 Å². The van der Waals surface area contributed by atoms with Crippen molar-refractivity contribution in [2.45, 2.75) is 31.2 Å². The Hall–Kier alpha value is -2.11. The summed E-state index contributed by atoms with van der Waals surface area (Å²) in [5, 5.41) is 12.2. The number of nitrogens with two attached hydrogens (primary N) is 1. The molecule has 1 amide bonds. The van der Waals surface area contributed by atoms with E-state index in [1.807, 2.05) is 0 Å². The van der Waals surface area contributed by atoms with Crippen molar-refractivity contribution in [1.82, 2.24) is 4.98 Å². The smallest absolute Gasteiger partial charge is 0.329 e. The van der Waals surface area contributed by atoms with Crippen molar-refractivity contribution in [2.75, 3.05) is 5.32 Å². The summed E-state index contributed by atoms with van der Waals surface area (Å²) >= 11 is 0. The highest BCUT2D eigenvalue weighted by atomic mass is 16.4. The number of primary amides is 1. The Bertz CT molecular complexity index is 481. The third-order valence-electron chi connectivity index (χ3n) is 3.30. The number of carbonyl (C=O) groups excluding carboxylic acids is 1. The van der Waals surface area contributed by atoms with E-state index in [0.29, 0.717) is 12.8 Å². The van der Waals surface area contributed by atoms with Crippen molar-refractivity contribution in [3.05, 3.63) is 23.9 Å². The minimum Gasteiger partial charge on any atom is -0.480 e. The Labute approximate surface area is 104 Å². The average Bonchev–Trinajstić information content (AvgIpc) is 2.79. The summed E-state index contributed by atoms with van der Waals surface area (Å²) in [6.45, 7) is 0. The minimum absolute atomic E-state index is 0.213. The zero-order chi connectivity index (χ0) is 13.2. The lowest BCUT2D eigenvalue weighted by Gasteiger charge is -2.26. The predicted molar refractivity (Wildman–Crippen MR) is 65.2 cm³/mol. The predicted octanol–water partition coefficient (Wildman–Crippen LogP) is 0.990. The number of anilines is 1. The fraction of sp³-hybridized carbons (Fsp3) is 0.417. The van der Waals surface area contributed by atoms with Gasteiger partial charge in [-0.1, -0.05) is 12.8 Å². The van der Waals surface area contributed by atoms with Crippen molar-refractivity contribution < 1.29 is 14.7 Å². The first-order valence-corrected chi connectivity index (χ1v) is 5.81. The number of aliphatic carboxylic acids is 1. The lowest BCUT2D eigenvalue weighted by molar-refractivity contribution is -0.142. The Morgan fingerprint density at radius 1 is 1.39 bits per heavy atom. The first-order valence-electron chi connectivity index (χ1n) is 5.81. The molecule has 1 aliphatic rings. The van der Waals surface area contributed by atoms with Crippen molar-refractivity contribution in [2.24, 2.45) is 5.73 Å². The van der Waals surface area contributed by atoms with Crippen LogP contribution in [-0.4, -0.2) is 27.5 Å². The van der Waals surface area contributed by atoms with Crippen LogP contribution in [0.3, 0.4) is 0 Å². The summed E-state index contributed by atoms with van der Waals surface area (Å²) < 4.78 is 0. The standard InChI is InChI=1S/C12H15N3O3/c13-9(16)8-4-3-7-14-10(8)15-12(11(17)18)5-1-2-6-12/h3-4,7H,1-2,5-6H2,(H2,13,16)(H,14,15)(H,17,18). The molecule has 18 heavy (non-hydrogen) atoms. The normalized spacial score (nSPS) is 17.3. The molecule has 1 fully saturated rings. The van der Waals surface area contributed by atoms with Gasteiger partial charge in [-0.25, -0.2) is 9.78 Å². The maximum absolute atomic E-state index is 11.4. The number of carboxylic acids is 1. The number of nitrogens with one attached hydrogen (secondary N) is 1. The van der Waals surface area contributed by atoms with Crippen molar-refractivity contribution in [1.29, 1.82) is 0 Å². The number of pyridine rings is 1. The van der Waals surface area contributed by atoms with Gasteiger partial charge in [-0.2, -0.15) is 0 Å². The summed E-state index contributed by atoms with van der Waals surface area (Å²) in [4.78, 5) is 26.7. The number of hydrogen-bond donors (Lipinski definition) is 3. The molecule has 96 valence electrons. The van der Waals surface area contributed by atoms with E-state index in [1.165, 1.54) is 12.3 Å². The van der Waals surface area contributed by atoms with Crippen LogP contribution in [0.1, 0.15) is 36.0 Å². The molecule has 0 bridgehead atoms. The van der Waals surface area contributed by atoms with E-state index in [-0.39, 0.29) is 11.4 Å². The van der Waals surface area contributed by atoms with Gasteiger partial charge in [-0.3, -0.25) is 4.79 Å². The van der Waals surface area contributed by atoms with Gasteiger partial charge < -0.3 is 16.2 Å². The highest BCUT2D eigenvalue weighted by Crippen LogP contribution is 2.33. The number of nitrogens with zero attached hydrogens (tertiary/aromatic N) is 1. The second-order valence-electron chi connectivity index (χ2n) is 4.48. The Morgan fingerprint density at radius 3 is 2.61 bits per heavy atom. The highest BCUT2D eigenvalue weighted by molar-refractivity contribution is 5.98. The van der Waals surface area contributed by atoms with Crippen LogP contribution in [0.25, 0.3) is 0 Å². The third kappa shape index (κ3) is 2.13. The highest BCUT2D eigenvalue weighted by Gasteiger charge is 2.42. The maximum Gasteiger partial charge on any atom is 0.329 e. The molecule has 1 aromatic rings. The van der Waals surface area contributed by atoms with Crippen LogP contribution in [0.5, 0.6) is 0 Å². The van der Waals surface area contributed by atoms with Crippen LogP contribution in [0.2, 0.25) is 0 Å². The fourth-order valence-corrected chi connectivity index (χ4v) is 2.30. The molecular weight excluding hydrogens is 234 g/mol. The summed E-state index contributed by atoms with van der Waals surface area (Å²) in [6.07, 6.45) is 4.24. The maximum atomic E-state index is 11.4. The molecule has 0 aliphatic heterocycles. The zero-order valence-electron chi connectivity index (χ0n) is 9.85. The number of amides is 1. The van der Waals surface area contributed by atoms with Crippen LogP contribution in [0.15, 0.2) is 18.3 Å². The molecule has 0 aromatic carbocycles. The second kappa shape index (κ2) is 4.64. The lowest BCUT2D eigenvalue weighted by atomic mass is 9.97. The molecule has 2 rings (SSSR count). The van der Waals surface area contributed by atoms with E-state index in [1.54, 1.807) is 6.07 Å². The van der Waals surface area contributed by atoms with Crippen molar-refractivity contribution in [3.63, 3.8) is 0 Å². The number of rotatable bonds is 4. The Morgan fingerprint density at radius 2 is 2.06 bits per heavy atom. The van der Waals surface area contributed by atoms with Crippen LogP contribution >= 0.6 is 0 Å². The van der Waals surface area contributed by atoms with E-state index in [0.717, 1.165) is 12.8 Å². The van der Waals surface area contributed by atoms with Gasteiger partial charge in [0.2, 0.25) is 0 Å². The lowest BCUT2D eigenvalue weighted by Crippen LogP contribution is -2.44. The molecule has 0 unspecified atom stereocenters. The van der Waals surface area contributed by atoms with Gasteiger partial charge in [-0.05, 0) is 25.0 Å². The molecule has 4 N–H and O–H groups in total. The molecule has 1 aromatic heterocycles. The number of carbonyl (C=O) groups is 2. The quantitative estimate of drug-likeness (QED) is 0.738. The fourth-order valence-electron chi connectivity index (χ4n) is 2.30. The van der Waals surface area contributed by atoms with Crippen LogP contribution < -0.4 is 11.1 Å². The molecular formula is C12H15N3O3. The van der Waals surface area contributed by atoms with Gasteiger partial charge in [0, 0.05) is 6.20 Å². The van der Waals surface area contributed by atoms with E-state index >= 15 is 0 Å². The molecule has 0 saturated heterocycles. The minimum atomic E-state index is -1.03. The van der Waals surface area contributed by atoms with Gasteiger partial charge in [-0.15, -0.1) is 0 Å². The van der Waals surface area contributed by atoms with Crippen molar-refractivity contribution in [3.8, 4) is 0 Å². The van der Waals surface area contributed by atoms with Gasteiger partial charge in [0.15, 0.2) is 0 Å². The van der Waals surface area contributed by atoms with E-state index in [2.05, 4.69) is 10.3 Å². The average molecular weight is 249 g/mol. The van der Waals surface area contributed by atoms with Crippen LogP contribution in [0.4, 0.5) is 5.82 Å². The molecule has 0 spiro atoms. The molecule has 1 aliphatic carbocycles.